The first-order valence-electron chi connectivity index (χ1n) is 5.72. The number of rotatable bonds is 5. The average Bonchev–Trinajstić information content (AvgIpc) is 2.37. The van der Waals surface area contributed by atoms with E-state index in [1.54, 1.807) is 0 Å². The standard InChI is InChI=1S/C14H15ClN2O/c15-11-4-3-5-12(10-11)17-8-9-18-14-7-2-1-6-13(14)16/h1-7,10,17H,8-9,16H2. The molecule has 0 amide bonds. The van der Waals surface area contributed by atoms with Gasteiger partial charge < -0.3 is 15.8 Å². The summed E-state index contributed by atoms with van der Waals surface area (Å²) in [5.41, 5.74) is 7.40. The minimum atomic E-state index is 0.542. The predicted molar refractivity (Wildman–Crippen MR) is 76.3 cm³/mol. The fraction of sp³-hybridized carbons (Fsp3) is 0.143. The third-order valence-corrected chi connectivity index (χ3v) is 2.67. The second-order valence-electron chi connectivity index (χ2n) is 3.82. The first-order chi connectivity index (χ1) is 8.75. The van der Waals surface area contributed by atoms with Crippen LogP contribution in [-0.2, 0) is 0 Å². The quantitative estimate of drug-likeness (QED) is 0.641. The Kier molecular flexibility index (Phi) is 4.31. The third kappa shape index (κ3) is 3.57. The maximum Gasteiger partial charge on any atom is 0.142 e. The Balaban J connectivity index is 1.78. The summed E-state index contributed by atoms with van der Waals surface area (Å²) >= 11 is 5.89. The first-order valence-corrected chi connectivity index (χ1v) is 6.10. The minimum absolute atomic E-state index is 0.542. The second-order valence-corrected chi connectivity index (χ2v) is 4.26. The van der Waals surface area contributed by atoms with Crippen LogP contribution in [0.2, 0.25) is 5.02 Å². The predicted octanol–water partition coefficient (Wildman–Crippen LogP) is 3.41. The normalized spacial score (nSPS) is 10.1. The van der Waals surface area contributed by atoms with E-state index in [0.717, 1.165) is 5.69 Å². The highest BCUT2D eigenvalue weighted by molar-refractivity contribution is 6.30. The van der Waals surface area contributed by atoms with Gasteiger partial charge in [0.2, 0.25) is 0 Å². The Morgan fingerprint density at radius 2 is 1.94 bits per heavy atom. The van der Waals surface area contributed by atoms with E-state index in [1.807, 2.05) is 48.5 Å². The van der Waals surface area contributed by atoms with E-state index in [9.17, 15) is 0 Å². The number of nitrogens with one attached hydrogen (secondary N) is 1. The molecule has 4 heteroatoms. The van der Waals surface area contributed by atoms with Gasteiger partial charge in [0.05, 0.1) is 5.69 Å². The Hall–Kier alpha value is -1.87. The zero-order valence-electron chi connectivity index (χ0n) is 9.90. The summed E-state index contributed by atoms with van der Waals surface area (Å²) in [6, 6.07) is 15.0. The van der Waals surface area contributed by atoms with Crippen LogP contribution in [-0.4, -0.2) is 13.2 Å². The van der Waals surface area contributed by atoms with E-state index in [-0.39, 0.29) is 0 Å². The van der Waals surface area contributed by atoms with Crippen LogP contribution in [0.4, 0.5) is 11.4 Å². The van der Waals surface area contributed by atoms with E-state index in [0.29, 0.717) is 29.6 Å². The van der Waals surface area contributed by atoms with Crippen molar-refractivity contribution in [2.45, 2.75) is 0 Å². The monoisotopic (exact) mass is 262 g/mol. The molecule has 2 aromatic carbocycles. The zero-order chi connectivity index (χ0) is 12.8. The van der Waals surface area contributed by atoms with Crippen LogP contribution in [0.3, 0.4) is 0 Å². The molecule has 0 unspecified atom stereocenters. The highest BCUT2D eigenvalue weighted by atomic mass is 35.5. The molecule has 18 heavy (non-hydrogen) atoms. The van der Waals surface area contributed by atoms with Crippen molar-refractivity contribution in [1.29, 1.82) is 0 Å². The van der Waals surface area contributed by atoms with E-state index in [2.05, 4.69) is 5.32 Å². The van der Waals surface area contributed by atoms with Gasteiger partial charge in [0.25, 0.3) is 0 Å². The zero-order valence-corrected chi connectivity index (χ0v) is 10.7. The number of nitrogen functional groups attached to an aromatic ring is 1. The molecular weight excluding hydrogens is 248 g/mol. The van der Waals surface area contributed by atoms with E-state index in [1.165, 1.54) is 0 Å². The number of ether oxygens (including phenoxy) is 1. The van der Waals surface area contributed by atoms with Crippen molar-refractivity contribution in [3.05, 3.63) is 53.6 Å². The van der Waals surface area contributed by atoms with Gasteiger partial charge in [0, 0.05) is 17.3 Å². The maximum absolute atomic E-state index is 5.89. The molecule has 3 nitrogen and oxygen atoms in total. The lowest BCUT2D eigenvalue weighted by Crippen LogP contribution is -2.12. The van der Waals surface area contributed by atoms with Crippen LogP contribution >= 0.6 is 11.6 Å². The van der Waals surface area contributed by atoms with Crippen molar-refractivity contribution in [2.75, 3.05) is 24.2 Å². The fourth-order valence-corrected chi connectivity index (χ4v) is 1.76. The van der Waals surface area contributed by atoms with Crippen molar-refractivity contribution in [3.63, 3.8) is 0 Å². The largest absolute Gasteiger partial charge is 0.490 e. The number of hydrogen-bond acceptors (Lipinski definition) is 3. The molecule has 0 atom stereocenters. The van der Waals surface area contributed by atoms with Crippen LogP contribution in [0.15, 0.2) is 48.5 Å². The second kappa shape index (κ2) is 6.17. The SMILES string of the molecule is Nc1ccccc1OCCNc1cccc(Cl)c1. The van der Waals surface area contributed by atoms with E-state index < -0.39 is 0 Å². The van der Waals surface area contributed by atoms with Gasteiger partial charge in [-0.2, -0.15) is 0 Å². The summed E-state index contributed by atoms with van der Waals surface area (Å²) in [7, 11) is 0. The van der Waals surface area contributed by atoms with Crippen molar-refractivity contribution < 1.29 is 4.74 Å². The molecule has 2 aromatic rings. The summed E-state index contributed by atoms with van der Waals surface area (Å²) in [5.74, 6) is 0.713. The molecule has 0 radical (unpaired) electrons. The Bertz CT molecular complexity index is 517. The summed E-state index contributed by atoms with van der Waals surface area (Å²) in [5, 5.41) is 3.94. The van der Waals surface area contributed by atoms with Gasteiger partial charge in [0.1, 0.15) is 12.4 Å². The number of nitrogens with two attached hydrogens (primary N) is 1. The Morgan fingerprint density at radius 1 is 1.11 bits per heavy atom. The van der Waals surface area contributed by atoms with Crippen molar-refractivity contribution in [3.8, 4) is 5.75 Å². The smallest absolute Gasteiger partial charge is 0.142 e. The Labute approximate surface area is 112 Å². The molecule has 0 heterocycles. The number of para-hydroxylation sites is 2. The molecule has 0 aliphatic carbocycles. The molecular formula is C14H15ClN2O. The molecule has 2 rings (SSSR count). The molecule has 0 bridgehead atoms. The number of hydrogen-bond donors (Lipinski definition) is 2. The van der Waals surface area contributed by atoms with Gasteiger partial charge in [-0.1, -0.05) is 29.8 Å². The summed E-state index contributed by atoms with van der Waals surface area (Å²) in [6.07, 6.45) is 0. The molecule has 0 saturated carbocycles. The van der Waals surface area contributed by atoms with Gasteiger partial charge in [-0.15, -0.1) is 0 Å². The lowest BCUT2D eigenvalue weighted by molar-refractivity contribution is 0.334. The Morgan fingerprint density at radius 3 is 2.72 bits per heavy atom. The summed E-state index contributed by atoms with van der Waals surface area (Å²) in [6.45, 7) is 1.23. The van der Waals surface area contributed by atoms with Gasteiger partial charge in [-0.3, -0.25) is 0 Å². The van der Waals surface area contributed by atoms with E-state index in [4.69, 9.17) is 22.1 Å². The highest BCUT2D eigenvalue weighted by Gasteiger charge is 1.98. The molecule has 0 saturated heterocycles. The molecule has 94 valence electrons. The average molecular weight is 263 g/mol. The molecule has 0 aliphatic heterocycles. The molecule has 0 fully saturated rings. The topological polar surface area (TPSA) is 47.3 Å². The lowest BCUT2D eigenvalue weighted by Gasteiger charge is -2.10. The van der Waals surface area contributed by atoms with Gasteiger partial charge in [0.15, 0.2) is 0 Å². The van der Waals surface area contributed by atoms with Gasteiger partial charge in [-0.25, -0.2) is 0 Å². The van der Waals surface area contributed by atoms with Crippen LogP contribution in [0.25, 0.3) is 0 Å². The molecule has 3 N–H and O–H groups in total. The molecule has 0 spiro atoms. The van der Waals surface area contributed by atoms with E-state index >= 15 is 0 Å². The van der Waals surface area contributed by atoms with Crippen LogP contribution in [0.1, 0.15) is 0 Å². The lowest BCUT2D eigenvalue weighted by atomic mass is 10.3. The van der Waals surface area contributed by atoms with Crippen molar-refractivity contribution in [2.24, 2.45) is 0 Å². The van der Waals surface area contributed by atoms with Gasteiger partial charge >= 0.3 is 0 Å². The van der Waals surface area contributed by atoms with Crippen LogP contribution in [0.5, 0.6) is 5.75 Å². The highest BCUT2D eigenvalue weighted by Crippen LogP contribution is 2.19. The first kappa shape index (κ1) is 12.6. The third-order valence-electron chi connectivity index (χ3n) is 2.43. The maximum atomic E-state index is 5.89. The molecule has 0 aliphatic rings. The van der Waals surface area contributed by atoms with Crippen molar-refractivity contribution >= 4 is 23.0 Å². The van der Waals surface area contributed by atoms with Crippen LogP contribution < -0.4 is 15.8 Å². The van der Waals surface area contributed by atoms with Crippen LogP contribution in [0, 0.1) is 0 Å². The number of anilines is 2. The number of benzene rings is 2. The fourth-order valence-electron chi connectivity index (χ4n) is 1.57. The number of halogens is 1. The van der Waals surface area contributed by atoms with Gasteiger partial charge in [-0.05, 0) is 30.3 Å². The summed E-state index contributed by atoms with van der Waals surface area (Å²) < 4.78 is 5.57. The summed E-state index contributed by atoms with van der Waals surface area (Å²) in [4.78, 5) is 0. The minimum Gasteiger partial charge on any atom is -0.490 e. The van der Waals surface area contributed by atoms with Crippen molar-refractivity contribution in [1.82, 2.24) is 0 Å². The molecule has 0 aromatic heterocycles.